The molecule has 0 saturated carbocycles. The van der Waals surface area contributed by atoms with Gasteiger partial charge in [0.15, 0.2) is 5.76 Å². The summed E-state index contributed by atoms with van der Waals surface area (Å²) in [6.45, 7) is 7.68. The first-order chi connectivity index (χ1) is 28.4. The Morgan fingerprint density at radius 1 is 0.932 bits per heavy atom. The van der Waals surface area contributed by atoms with E-state index in [0.29, 0.717) is 23.3 Å². The highest BCUT2D eigenvalue weighted by molar-refractivity contribution is 6.01. The first-order valence-electron chi connectivity index (χ1n) is 20.2. The number of likely N-dealkylation sites (tertiary alicyclic amines) is 1. The molecule has 1 N–H and O–H groups in total. The number of halogens is 1. The molecule has 5 heterocycles. The number of hydrogen-bond acceptors (Lipinski definition) is 9. The lowest BCUT2D eigenvalue weighted by molar-refractivity contribution is -0.135. The number of carbonyl (C=O) groups is 4. The molecule has 0 spiro atoms. The van der Waals surface area contributed by atoms with Crippen LogP contribution in [0, 0.1) is 5.82 Å². The maximum atomic E-state index is 14.8. The summed E-state index contributed by atoms with van der Waals surface area (Å²) in [5.74, 6) is -0.664. The van der Waals surface area contributed by atoms with Gasteiger partial charge in [-0.2, -0.15) is 0 Å². The number of fused-ring (bicyclic) bond motifs is 2. The third-order valence-electron chi connectivity index (χ3n) is 11.7. The van der Waals surface area contributed by atoms with Gasteiger partial charge in [-0.25, -0.2) is 9.18 Å². The highest BCUT2D eigenvalue weighted by atomic mass is 19.1. The van der Waals surface area contributed by atoms with Crippen LogP contribution >= 0.6 is 0 Å². The second-order valence-electron chi connectivity index (χ2n) is 15.6. The van der Waals surface area contributed by atoms with E-state index in [-0.39, 0.29) is 46.6 Å². The fraction of sp³-hybridized carbons (Fsp3) is 0.432. The van der Waals surface area contributed by atoms with Gasteiger partial charge in [0.1, 0.15) is 23.2 Å². The number of carbonyl (C=O) groups excluding carboxylic acids is 4. The maximum Gasteiger partial charge on any atom is 0.329 e. The molecule has 3 fully saturated rings. The predicted molar refractivity (Wildman–Crippen MR) is 223 cm³/mol. The van der Waals surface area contributed by atoms with Gasteiger partial charge in [0.25, 0.3) is 5.91 Å². The molecular formula is C44H52FN7O7. The van der Waals surface area contributed by atoms with Gasteiger partial charge in [-0.05, 0) is 68.0 Å². The number of piperazine rings is 1. The summed E-state index contributed by atoms with van der Waals surface area (Å²) in [6.07, 6.45) is 4.91. The van der Waals surface area contributed by atoms with Crippen molar-refractivity contribution in [2.75, 3.05) is 71.9 Å². The van der Waals surface area contributed by atoms with Crippen molar-refractivity contribution < 1.29 is 32.7 Å². The van der Waals surface area contributed by atoms with Gasteiger partial charge < -0.3 is 23.9 Å². The molecule has 2 aromatic heterocycles. The van der Waals surface area contributed by atoms with E-state index in [1.54, 1.807) is 45.8 Å². The number of furan rings is 1. The summed E-state index contributed by atoms with van der Waals surface area (Å²) in [5, 5.41) is 2.60. The summed E-state index contributed by atoms with van der Waals surface area (Å²) in [4.78, 5) is 68.9. The molecule has 14 nitrogen and oxygen atoms in total. The number of rotatable bonds is 8. The van der Waals surface area contributed by atoms with Crippen LogP contribution in [0.4, 0.5) is 10.1 Å². The molecule has 4 amide bonds. The smallest absolute Gasteiger partial charge is 0.329 e. The number of piperidine rings is 2. The van der Waals surface area contributed by atoms with Crippen molar-refractivity contribution in [2.24, 2.45) is 7.05 Å². The summed E-state index contributed by atoms with van der Waals surface area (Å²) in [5.41, 5.74) is 4.92. The van der Waals surface area contributed by atoms with E-state index in [4.69, 9.17) is 9.15 Å². The monoisotopic (exact) mass is 809 g/mol. The number of aromatic nitrogens is 2. The number of para-hydroxylation sites is 1. The number of nitrogens with zero attached hydrogens (tertiary/aromatic N) is 6. The Labute approximate surface area is 342 Å². The molecule has 3 saturated heterocycles. The van der Waals surface area contributed by atoms with Crippen molar-refractivity contribution in [1.29, 1.82) is 0 Å². The van der Waals surface area contributed by atoms with Gasteiger partial charge in [-0.3, -0.25) is 38.5 Å². The Bertz CT molecular complexity index is 2450. The van der Waals surface area contributed by atoms with Crippen LogP contribution in [0.3, 0.4) is 0 Å². The molecule has 0 aliphatic carbocycles. The van der Waals surface area contributed by atoms with Crippen molar-refractivity contribution in [3.63, 3.8) is 0 Å². The lowest BCUT2D eigenvalue weighted by Crippen LogP contribution is -2.47. The molecular weight excluding hydrogens is 758 g/mol. The average molecular weight is 810 g/mol. The predicted octanol–water partition coefficient (Wildman–Crippen LogP) is 4.96. The minimum absolute atomic E-state index is 0.0659. The fourth-order valence-corrected chi connectivity index (χ4v) is 8.40. The highest BCUT2D eigenvalue weighted by Gasteiger charge is 2.32. The first-order valence-corrected chi connectivity index (χ1v) is 20.2. The summed E-state index contributed by atoms with van der Waals surface area (Å²) >= 11 is 0. The van der Waals surface area contributed by atoms with E-state index in [2.05, 4.69) is 15.1 Å². The third kappa shape index (κ3) is 8.47. The highest BCUT2D eigenvalue weighted by Crippen LogP contribution is 2.39. The second-order valence-corrected chi connectivity index (χ2v) is 15.6. The number of imidazole rings is 1. The second kappa shape index (κ2) is 17.5. The fourth-order valence-electron chi connectivity index (χ4n) is 8.40. The molecule has 15 heteroatoms. The molecule has 1 atom stereocenters. The molecule has 3 aliphatic rings. The average Bonchev–Trinajstić information content (AvgIpc) is 3.80. The van der Waals surface area contributed by atoms with E-state index >= 15 is 0 Å². The Kier molecular flexibility index (Phi) is 12.2. The molecule has 5 aromatic rings. The summed E-state index contributed by atoms with van der Waals surface area (Å²) < 4.78 is 29.6. The zero-order valence-corrected chi connectivity index (χ0v) is 34.4. The number of nitrogens with one attached hydrogen (secondary N) is 1. The quantitative estimate of drug-likeness (QED) is 0.215. The maximum absolute atomic E-state index is 14.8. The number of amides is 4. The number of hydrogen-bond donors (Lipinski definition) is 1. The number of ether oxygens (including phenoxy) is 1. The zero-order valence-electron chi connectivity index (χ0n) is 34.4. The van der Waals surface area contributed by atoms with E-state index in [0.717, 1.165) is 74.6 Å². The van der Waals surface area contributed by atoms with E-state index < -0.39 is 17.8 Å². The Morgan fingerprint density at radius 2 is 1.66 bits per heavy atom. The third-order valence-corrected chi connectivity index (χ3v) is 11.7. The van der Waals surface area contributed by atoms with Gasteiger partial charge in [-0.15, -0.1) is 0 Å². The molecule has 0 bridgehead atoms. The van der Waals surface area contributed by atoms with Crippen molar-refractivity contribution in [3.8, 4) is 16.9 Å². The van der Waals surface area contributed by atoms with Crippen LogP contribution in [-0.4, -0.2) is 114 Å². The zero-order chi connectivity index (χ0) is 42.0. The van der Waals surface area contributed by atoms with Gasteiger partial charge >= 0.3 is 5.69 Å². The Hall–Kier alpha value is -5.96. The van der Waals surface area contributed by atoms with Crippen LogP contribution in [-0.2, 0) is 27.9 Å². The molecule has 3 aromatic carbocycles. The summed E-state index contributed by atoms with van der Waals surface area (Å²) in [7, 11) is 6.56. The normalized spacial score (nSPS) is 17.5. The number of benzene rings is 3. The van der Waals surface area contributed by atoms with Crippen LogP contribution in [0.1, 0.15) is 61.2 Å². The number of methoxy groups -OCH3 is 1. The number of anilines is 1. The largest absolute Gasteiger partial charge is 0.496 e. The van der Waals surface area contributed by atoms with Crippen molar-refractivity contribution in [1.82, 2.24) is 29.2 Å². The van der Waals surface area contributed by atoms with Crippen LogP contribution in [0.2, 0.25) is 0 Å². The van der Waals surface area contributed by atoms with E-state index in [1.165, 1.54) is 40.9 Å². The molecule has 0 radical (unpaired) electrons. The summed E-state index contributed by atoms with van der Waals surface area (Å²) in [6, 6.07) is 15.5. The van der Waals surface area contributed by atoms with Gasteiger partial charge in [-0.1, -0.05) is 12.1 Å². The lowest BCUT2D eigenvalue weighted by Gasteiger charge is -2.36. The van der Waals surface area contributed by atoms with Crippen LogP contribution in [0.5, 0.6) is 5.75 Å². The van der Waals surface area contributed by atoms with E-state index in [1.807, 2.05) is 41.3 Å². The van der Waals surface area contributed by atoms with Crippen LogP contribution in [0.15, 0.2) is 63.8 Å². The topological polar surface area (TPSA) is 143 Å². The van der Waals surface area contributed by atoms with Crippen molar-refractivity contribution >= 4 is 51.3 Å². The Balaban J connectivity index is 0.000000520. The van der Waals surface area contributed by atoms with Crippen LogP contribution < -0.4 is 20.6 Å². The molecule has 3 aliphatic heterocycles. The number of aryl methyl sites for hydroxylation is 1. The SMILES string of the molecule is CC(=O)N1CCCCC1.COc1cc(N2CCN(CCc3cccc4c3n(C)c(=O)n4C3CCC(=O)NC3=O)CC2)ccc1-c1ccc(F)c2cc(C(=O)N(C)C)oc12. The van der Waals surface area contributed by atoms with Crippen LogP contribution in [0.25, 0.3) is 33.1 Å². The lowest BCUT2D eigenvalue weighted by atomic mass is 10.0. The minimum atomic E-state index is -0.714. The van der Waals surface area contributed by atoms with Crippen molar-refractivity contribution in [3.05, 3.63) is 82.2 Å². The minimum Gasteiger partial charge on any atom is -0.496 e. The standard InChI is InChI=1S/C37H39FN6O6.C7H13NO/c1-40(2)36(47)31-21-26-27(38)11-10-25(34(26)50-31)24-9-8-23(20-30(24)49-4)43-18-16-42(17-19-43)15-14-22-6-5-7-28-33(22)41(3)37(48)44(28)29-12-13-32(45)39-35(29)46;1-7(9)8-5-3-2-4-6-8/h5-11,20-21,29H,12-19H2,1-4H3,(H,39,45,46);2-6H2,1H3. The van der Waals surface area contributed by atoms with E-state index in [9.17, 15) is 28.4 Å². The van der Waals surface area contributed by atoms with Gasteiger partial charge in [0, 0.05) is 109 Å². The molecule has 1 unspecified atom stereocenters. The first kappa shape index (κ1) is 41.2. The molecule has 312 valence electrons. The Morgan fingerprint density at radius 3 is 2.32 bits per heavy atom. The number of imide groups is 1. The molecule has 8 rings (SSSR count). The molecule has 59 heavy (non-hydrogen) atoms. The van der Waals surface area contributed by atoms with Crippen molar-refractivity contribution in [2.45, 2.75) is 51.5 Å². The van der Waals surface area contributed by atoms with Gasteiger partial charge in [0.05, 0.1) is 23.5 Å². The van der Waals surface area contributed by atoms with Gasteiger partial charge in [0.2, 0.25) is 17.7 Å².